The lowest BCUT2D eigenvalue weighted by Crippen LogP contribution is -2.31. The van der Waals surface area contributed by atoms with Crippen molar-refractivity contribution in [1.82, 2.24) is 5.32 Å². The summed E-state index contributed by atoms with van der Waals surface area (Å²) in [5, 5.41) is 2.90. The van der Waals surface area contributed by atoms with Crippen LogP contribution in [0.3, 0.4) is 0 Å². The highest BCUT2D eigenvalue weighted by atomic mass is 16.5. The topological polar surface area (TPSA) is 73.9 Å². The minimum Gasteiger partial charge on any atom is -0.497 e. The summed E-state index contributed by atoms with van der Waals surface area (Å²) < 4.78 is 16.0. The molecular formula is C21H21NO5. The van der Waals surface area contributed by atoms with Gasteiger partial charge in [0.15, 0.2) is 0 Å². The predicted molar refractivity (Wildman–Crippen MR) is 99.3 cm³/mol. The molecule has 0 aromatic heterocycles. The Morgan fingerprint density at radius 3 is 2.26 bits per heavy atom. The van der Waals surface area contributed by atoms with E-state index >= 15 is 0 Å². The molecule has 0 bridgehead atoms. The van der Waals surface area contributed by atoms with E-state index in [4.69, 9.17) is 14.2 Å². The minimum absolute atomic E-state index is 0.159. The van der Waals surface area contributed by atoms with Gasteiger partial charge in [-0.15, -0.1) is 0 Å². The van der Waals surface area contributed by atoms with E-state index in [1.807, 2.05) is 36.4 Å². The molecule has 2 aromatic rings. The Morgan fingerprint density at radius 2 is 1.63 bits per heavy atom. The second-order valence-corrected chi connectivity index (χ2v) is 6.19. The maximum atomic E-state index is 11.8. The molecule has 27 heavy (non-hydrogen) atoms. The Morgan fingerprint density at radius 1 is 1.00 bits per heavy atom. The van der Waals surface area contributed by atoms with Gasteiger partial charge < -0.3 is 19.5 Å². The number of esters is 1. The van der Waals surface area contributed by atoms with Crippen molar-refractivity contribution in [3.8, 4) is 11.5 Å². The molecule has 0 saturated heterocycles. The van der Waals surface area contributed by atoms with E-state index < -0.39 is 0 Å². The number of nitrogens with one attached hydrogen (secondary N) is 1. The van der Waals surface area contributed by atoms with Crippen LogP contribution in [0.25, 0.3) is 0 Å². The van der Waals surface area contributed by atoms with Gasteiger partial charge >= 0.3 is 5.97 Å². The molecule has 0 fully saturated rings. The van der Waals surface area contributed by atoms with E-state index in [9.17, 15) is 9.59 Å². The fourth-order valence-corrected chi connectivity index (χ4v) is 2.79. The molecule has 0 spiro atoms. The third kappa shape index (κ3) is 5.10. The van der Waals surface area contributed by atoms with E-state index in [2.05, 4.69) is 5.32 Å². The van der Waals surface area contributed by atoms with Gasteiger partial charge in [0, 0.05) is 13.0 Å². The molecule has 0 radical (unpaired) electrons. The largest absolute Gasteiger partial charge is 0.497 e. The van der Waals surface area contributed by atoms with Crippen LogP contribution < -0.4 is 14.8 Å². The molecule has 1 N–H and O–H groups in total. The summed E-state index contributed by atoms with van der Waals surface area (Å²) in [4.78, 5) is 22.7. The lowest BCUT2D eigenvalue weighted by molar-refractivity contribution is -0.131. The van der Waals surface area contributed by atoms with Gasteiger partial charge in [0.05, 0.1) is 13.2 Å². The summed E-state index contributed by atoms with van der Waals surface area (Å²) in [5.41, 5.74) is 1.98. The quantitative estimate of drug-likeness (QED) is 0.602. The molecule has 3 rings (SSSR count). The Balaban J connectivity index is 1.59. The minimum atomic E-state index is -0.360. The van der Waals surface area contributed by atoms with Crippen LogP contribution in [0.4, 0.5) is 0 Å². The number of amides is 1. The summed E-state index contributed by atoms with van der Waals surface area (Å²) in [5.74, 6) is 1.37. The average Bonchev–Trinajstić information content (AvgIpc) is 3.00. The van der Waals surface area contributed by atoms with Gasteiger partial charge in [-0.1, -0.05) is 24.3 Å². The van der Waals surface area contributed by atoms with Crippen LogP contribution >= 0.6 is 0 Å². The first-order valence-corrected chi connectivity index (χ1v) is 8.58. The molecule has 1 heterocycles. The highest BCUT2D eigenvalue weighted by molar-refractivity contribution is 5.91. The highest BCUT2D eigenvalue weighted by Crippen LogP contribution is 2.20. The van der Waals surface area contributed by atoms with Crippen LogP contribution in [0.2, 0.25) is 0 Å². The standard InChI is InChI=1S/C21H21NO5/c1-14(23)27-18-9-5-16(6-10-18)13-26-20-12-21(24)22-19(20)11-15-3-7-17(25-2)8-4-15/h3-10,12,19H,11,13H2,1-2H3,(H,22,24)/t19-/m0/s1. The number of methoxy groups -OCH3 is 1. The molecule has 0 unspecified atom stereocenters. The van der Waals surface area contributed by atoms with Gasteiger partial charge in [0.1, 0.15) is 23.9 Å². The Labute approximate surface area is 157 Å². The molecule has 2 aromatic carbocycles. The molecule has 6 nitrogen and oxygen atoms in total. The highest BCUT2D eigenvalue weighted by Gasteiger charge is 2.25. The summed E-state index contributed by atoms with van der Waals surface area (Å²) in [6, 6.07) is 14.6. The second-order valence-electron chi connectivity index (χ2n) is 6.19. The van der Waals surface area contributed by atoms with Crippen LogP contribution in [-0.4, -0.2) is 25.0 Å². The number of benzene rings is 2. The molecule has 6 heteroatoms. The summed E-state index contributed by atoms with van der Waals surface area (Å²) >= 11 is 0. The Hall–Kier alpha value is -3.28. The number of hydrogen-bond acceptors (Lipinski definition) is 5. The Kier molecular flexibility index (Phi) is 5.76. The number of carbonyl (C=O) groups is 2. The number of hydrogen-bond donors (Lipinski definition) is 1. The molecule has 140 valence electrons. The molecule has 1 aliphatic rings. The van der Waals surface area contributed by atoms with Crippen molar-refractivity contribution < 1.29 is 23.8 Å². The van der Waals surface area contributed by atoms with E-state index in [0.29, 0.717) is 24.5 Å². The molecule has 0 saturated carbocycles. The van der Waals surface area contributed by atoms with E-state index in [1.165, 1.54) is 13.0 Å². The monoisotopic (exact) mass is 367 g/mol. The van der Waals surface area contributed by atoms with E-state index in [1.54, 1.807) is 19.2 Å². The van der Waals surface area contributed by atoms with Crippen molar-refractivity contribution >= 4 is 11.9 Å². The normalized spacial score (nSPS) is 15.7. The number of rotatable bonds is 7. The zero-order valence-corrected chi connectivity index (χ0v) is 15.2. The van der Waals surface area contributed by atoms with E-state index in [-0.39, 0.29) is 17.9 Å². The van der Waals surface area contributed by atoms with Crippen LogP contribution in [-0.2, 0) is 27.4 Å². The third-order valence-corrected chi connectivity index (χ3v) is 4.12. The van der Waals surface area contributed by atoms with Gasteiger partial charge in [0.25, 0.3) is 0 Å². The molecule has 1 amide bonds. The van der Waals surface area contributed by atoms with Gasteiger partial charge in [0.2, 0.25) is 5.91 Å². The first kappa shape index (κ1) is 18.5. The fourth-order valence-electron chi connectivity index (χ4n) is 2.79. The summed E-state index contributed by atoms with van der Waals surface area (Å²) in [7, 11) is 1.62. The second kappa shape index (κ2) is 8.40. The van der Waals surface area contributed by atoms with Gasteiger partial charge in [-0.25, -0.2) is 0 Å². The van der Waals surface area contributed by atoms with Crippen molar-refractivity contribution in [3.05, 3.63) is 71.5 Å². The fraction of sp³-hybridized carbons (Fsp3) is 0.238. The van der Waals surface area contributed by atoms with Crippen molar-refractivity contribution in [2.75, 3.05) is 7.11 Å². The SMILES string of the molecule is COc1ccc(C[C@@H]2NC(=O)C=C2OCc2ccc(OC(C)=O)cc2)cc1. The Bertz CT molecular complexity index is 840. The molecule has 1 aliphatic heterocycles. The molecule has 0 aliphatic carbocycles. The van der Waals surface area contributed by atoms with Crippen LogP contribution in [0.1, 0.15) is 18.1 Å². The van der Waals surface area contributed by atoms with Crippen molar-refractivity contribution in [1.29, 1.82) is 0 Å². The van der Waals surface area contributed by atoms with Crippen molar-refractivity contribution in [2.45, 2.75) is 26.0 Å². The number of carbonyl (C=O) groups excluding carboxylic acids is 2. The van der Waals surface area contributed by atoms with Gasteiger partial charge in [-0.05, 0) is 41.8 Å². The average molecular weight is 367 g/mol. The van der Waals surface area contributed by atoms with Gasteiger partial charge in [-0.3, -0.25) is 9.59 Å². The smallest absolute Gasteiger partial charge is 0.308 e. The van der Waals surface area contributed by atoms with Crippen LogP contribution in [0.5, 0.6) is 11.5 Å². The maximum absolute atomic E-state index is 11.8. The number of ether oxygens (including phenoxy) is 3. The van der Waals surface area contributed by atoms with Crippen LogP contribution in [0, 0.1) is 0 Å². The molecular weight excluding hydrogens is 346 g/mol. The molecule has 1 atom stereocenters. The van der Waals surface area contributed by atoms with Crippen molar-refractivity contribution in [3.63, 3.8) is 0 Å². The first-order chi connectivity index (χ1) is 13.0. The summed E-state index contributed by atoms with van der Waals surface area (Å²) in [6.07, 6.45) is 2.12. The predicted octanol–water partition coefficient (Wildman–Crippen LogP) is 2.76. The third-order valence-electron chi connectivity index (χ3n) is 4.12. The maximum Gasteiger partial charge on any atom is 0.308 e. The van der Waals surface area contributed by atoms with Crippen molar-refractivity contribution in [2.24, 2.45) is 0 Å². The van der Waals surface area contributed by atoms with Crippen LogP contribution in [0.15, 0.2) is 60.4 Å². The zero-order chi connectivity index (χ0) is 19.2. The summed E-state index contributed by atoms with van der Waals surface area (Å²) in [6.45, 7) is 1.68. The zero-order valence-electron chi connectivity index (χ0n) is 15.2. The lowest BCUT2D eigenvalue weighted by Gasteiger charge is -2.17. The van der Waals surface area contributed by atoms with E-state index in [0.717, 1.165) is 16.9 Å². The first-order valence-electron chi connectivity index (χ1n) is 8.58. The lowest BCUT2D eigenvalue weighted by atomic mass is 10.1. The van der Waals surface area contributed by atoms with Gasteiger partial charge in [-0.2, -0.15) is 0 Å².